The molecule has 1 aliphatic carbocycles. The van der Waals surface area contributed by atoms with Crippen LogP contribution < -0.4 is 11.1 Å². The Balaban J connectivity index is 1.85. The molecule has 3 N–H and O–H groups in total. The van der Waals surface area contributed by atoms with Crippen LogP contribution in [0.15, 0.2) is 0 Å². The largest absolute Gasteiger partial charge is 0.367 e. The Morgan fingerprint density at radius 1 is 1.42 bits per heavy atom. The topological polar surface area (TPSA) is 84.7 Å². The molecular weight excluding hydrogens is 246 g/mol. The first-order valence-corrected chi connectivity index (χ1v) is 6.87. The minimum Gasteiger partial charge on any atom is -0.367 e. The second kappa shape index (κ2) is 5.36. The first-order chi connectivity index (χ1) is 8.89. The van der Waals surface area contributed by atoms with Crippen LogP contribution in [-0.2, 0) is 9.53 Å². The summed E-state index contributed by atoms with van der Waals surface area (Å²) in [6, 6.07) is -0.130. The normalized spacial score (nSPS) is 29.5. The van der Waals surface area contributed by atoms with Crippen molar-refractivity contribution in [2.24, 2.45) is 11.1 Å². The SMILES string of the molecule is C[C@@H]1CN(C(=O)NCC2(C)CCC2)CC(C(N)=O)O1. The fourth-order valence-corrected chi connectivity index (χ4v) is 2.63. The minimum absolute atomic E-state index is 0.130. The highest BCUT2D eigenvalue weighted by Gasteiger charge is 2.34. The van der Waals surface area contributed by atoms with E-state index in [2.05, 4.69) is 12.2 Å². The lowest BCUT2D eigenvalue weighted by atomic mass is 9.70. The summed E-state index contributed by atoms with van der Waals surface area (Å²) in [5.74, 6) is -0.518. The third kappa shape index (κ3) is 3.37. The lowest BCUT2D eigenvalue weighted by Gasteiger charge is -2.40. The van der Waals surface area contributed by atoms with Crippen LogP contribution in [0.25, 0.3) is 0 Å². The average Bonchev–Trinajstić information content (AvgIpc) is 2.32. The highest BCUT2D eigenvalue weighted by molar-refractivity contribution is 5.81. The number of rotatable bonds is 3. The molecule has 108 valence electrons. The van der Waals surface area contributed by atoms with Crippen molar-refractivity contribution in [3.8, 4) is 0 Å². The van der Waals surface area contributed by atoms with Gasteiger partial charge >= 0.3 is 6.03 Å². The van der Waals surface area contributed by atoms with E-state index in [9.17, 15) is 9.59 Å². The molecular formula is C13H23N3O3. The molecule has 2 rings (SSSR count). The van der Waals surface area contributed by atoms with Gasteiger partial charge in [-0.3, -0.25) is 4.79 Å². The fraction of sp³-hybridized carbons (Fsp3) is 0.846. The van der Waals surface area contributed by atoms with E-state index in [4.69, 9.17) is 10.5 Å². The molecule has 19 heavy (non-hydrogen) atoms. The van der Waals surface area contributed by atoms with Gasteiger partial charge in [0.15, 0.2) is 6.10 Å². The van der Waals surface area contributed by atoms with Crippen LogP contribution in [-0.4, -0.2) is 48.7 Å². The van der Waals surface area contributed by atoms with Gasteiger partial charge in [-0.1, -0.05) is 13.3 Å². The van der Waals surface area contributed by atoms with Crippen molar-refractivity contribution in [1.29, 1.82) is 0 Å². The van der Waals surface area contributed by atoms with Gasteiger partial charge in [0.1, 0.15) is 0 Å². The van der Waals surface area contributed by atoms with Crippen molar-refractivity contribution in [1.82, 2.24) is 10.2 Å². The number of nitrogens with one attached hydrogen (secondary N) is 1. The van der Waals surface area contributed by atoms with Crippen LogP contribution in [0.2, 0.25) is 0 Å². The molecule has 1 unspecified atom stereocenters. The van der Waals surface area contributed by atoms with Gasteiger partial charge in [0.2, 0.25) is 5.91 Å². The molecule has 0 radical (unpaired) electrons. The minimum atomic E-state index is -0.700. The molecule has 2 fully saturated rings. The lowest BCUT2D eigenvalue weighted by molar-refractivity contribution is -0.139. The van der Waals surface area contributed by atoms with Gasteiger partial charge in [-0.15, -0.1) is 0 Å². The number of amides is 3. The van der Waals surface area contributed by atoms with Gasteiger partial charge in [0.05, 0.1) is 12.6 Å². The molecule has 1 heterocycles. The Morgan fingerprint density at radius 3 is 2.63 bits per heavy atom. The number of nitrogens with two attached hydrogens (primary N) is 1. The van der Waals surface area contributed by atoms with Gasteiger partial charge in [0, 0.05) is 13.1 Å². The Hall–Kier alpha value is -1.30. The third-order valence-corrected chi connectivity index (χ3v) is 4.09. The molecule has 3 amide bonds. The van der Waals surface area contributed by atoms with Gasteiger partial charge in [-0.05, 0) is 25.2 Å². The van der Waals surface area contributed by atoms with Crippen LogP contribution in [0.5, 0.6) is 0 Å². The number of carbonyl (C=O) groups excluding carboxylic acids is 2. The Kier molecular flexibility index (Phi) is 3.99. The molecule has 1 saturated heterocycles. The third-order valence-electron chi connectivity index (χ3n) is 4.09. The van der Waals surface area contributed by atoms with E-state index >= 15 is 0 Å². The number of morpholine rings is 1. The summed E-state index contributed by atoms with van der Waals surface area (Å²) in [4.78, 5) is 24.9. The maximum absolute atomic E-state index is 12.1. The van der Waals surface area contributed by atoms with E-state index in [1.54, 1.807) is 4.90 Å². The van der Waals surface area contributed by atoms with Gasteiger partial charge < -0.3 is 20.7 Å². The smallest absolute Gasteiger partial charge is 0.317 e. The van der Waals surface area contributed by atoms with Crippen molar-refractivity contribution in [3.05, 3.63) is 0 Å². The summed E-state index contributed by atoms with van der Waals surface area (Å²) in [6.45, 7) is 5.45. The van der Waals surface area contributed by atoms with E-state index < -0.39 is 12.0 Å². The fourth-order valence-electron chi connectivity index (χ4n) is 2.63. The zero-order valence-corrected chi connectivity index (χ0v) is 11.6. The quantitative estimate of drug-likeness (QED) is 0.780. The second-order valence-corrected chi connectivity index (χ2v) is 6.07. The second-order valence-electron chi connectivity index (χ2n) is 6.07. The Labute approximate surface area is 113 Å². The number of hydrogen-bond acceptors (Lipinski definition) is 3. The molecule has 2 aliphatic rings. The molecule has 0 aromatic rings. The predicted octanol–water partition coefficient (Wildman–Crippen LogP) is 0.461. The number of carbonyl (C=O) groups is 2. The van der Waals surface area contributed by atoms with E-state index in [0.717, 1.165) is 12.8 Å². The molecule has 0 aromatic heterocycles. The summed E-state index contributed by atoms with van der Waals surface area (Å²) < 4.78 is 5.41. The molecule has 6 heteroatoms. The number of primary amides is 1. The van der Waals surface area contributed by atoms with Crippen LogP contribution in [0.3, 0.4) is 0 Å². The van der Waals surface area contributed by atoms with Gasteiger partial charge in [-0.25, -0.2) is 4.79 Å². The zero-order chi connectivity index (χ0) is 14.0. The van der Waals surface area contributed by atoms with Crippen molar-refractivity contribution >= 4 is 11.9 Å². The zero-order valence-electron chi connectivity index (χ0n) is 11.6. The first kappa shape index (κ1) is 14.1. The summed E-state index contributed by atoms with van der Waals surface area (Å²) >= 11 is 0. The monoisotopic (exact) mass is 269 g/mol. The van der Waals surface area contributed by atoms with Crippen molar-refractivity contribution in [2.45, 2.75) is 45.3 Å². The maximum Gasteiger partial charge on any atom is 0.317 e. The molecule has 1 aliphatic heterocycles. The standard InChI is InChI=1S/C13H23N3O3/c1-9-6-16(7-10(19-9)11(14)17)12(18)15-8-13(2)4-3-5-13/h9-10H,3-8H2,1-2H3,(H2,14,17)(H,15,18)/t9-,10?/m1/s1. The lowest BCUT2D eigenvalue weighted by Crippen LogP contribution is -2.56. The maximum atomic E-state index is 12.1. The summed E-state index contributed by atoms with van der Waals surface area (Å²) in [6.07, 6.45) is 2.70. The van der Waals surface area contributed by atoms with Crippen LogP contribution in [0.1, 0.15) is 33.1 Å². The summed E-state index contributed by atoms with van der Waals surface area (Å²) in [5, 5.41) is 2.95. The molecule has 6 nitrogen and oxygen atoms in total. The Morgan fingerprint density at radius 2 is 2.11 bits per heavy atom. The van der Waals surface area contributed by atoms with E-state index in [1.807, 2.05) is 6.92 Å². The number of nitrogens with zero attached hydrogens (tertiary/aromatic N) is 1. The Bertz CT molecular complexity index is 368. The van der Waals surface area contributed by atoms with Crippen LogP contribution in [0.4, 0.5) is 4.79 Å². The van der Waals surface area contributed by atoms with Gasteiger partial charge in [-0.2, -0.15) is 0 Å². The molecule has 1 saturated carbocycles. The number of hydrogen-bond donors (Lipinski definition) is 2. The highest BCUT2D eigenvalue weighted by Crippen LogP contribution is 2.39. The number of ether oxygens (including phenoxy) is 1. The number of urea groups is 1. The van der Waals surface area contributed by atoms with E-state index in [-0.39, 0.29) is 24.1 Å². The molecule has 0 aromatic carbocycles. The van der Waals surface area contributed by atoms with E-state index in [0.29, 0.717) is 13.1 Å². The van der Waals surface area contributed by atoms with Crippen LogP contribution in [0, 0.1) is 5.41 Å². The van der Waals surface area contributed by atoms with Gasteiger partial charge in [0.25, 0.3) is 0 Å². The molecule has 0 bridgehead atoms. The van der Waals surface area contributed by atoms with E-state index in [1.165, 1.54) is 6.42 Å². The predicted molar refractivity (Wildman–Crippen MR) is 70.5 cm³/mol. The van der Waals surface area contributed by atoms with Crippen molar-refractivity contribution in [3.63, 3.8) is 0 Å². The molecule has 0 spiro atoms. The average molecular weight is 269 g/mol. The van der Waals surface area contributed by atoms with Crippen molar-refractivity contribution < 1.29 is 14.3 Å². The molecule has 2 atom stereocenters. The highest BCUT2D eigenvalue weighted by atomic mass is 16.5. The van der Waals surface area contributed by atoms with Crippen molar-refractivity contribution in [2.75, 3.05) is 19.6 Å². The van der Waals surface area contributed by atoms with Crippen LogP contribution >= 0.6 is 0 Å². The summed E-state index contributed by atoms with van der Waals surface area (Å²) in [7, 11) is 0. The first-order valence-electron chi connectivity index (χ1n) is 6.87. The summed E-state index contributed by atoms with van der Waals surface area (Å²) in [5.41, 5.74) is 5.49.